The highest BCUT2D eigenvalue weighted by molar-refractivity contribution is 6.33. The second kappa shape index (κ2) is 6.45. The van der Waals surface area contributed by atoms with Gasteiger partial charge in [0.05, 0.1) is 16.0 Å². The Kier molecular flexibility index (Phi) is 5.15. The summed E-state index contributed by atoms with van der Waals surface area (Å²) in [5, 5.41) is 13.9. The van der Waals surface area contributed by atoms with Gasteiger partial charge in [-0.15, -0.1) is 0 Å². The third-order valence-corrected chi connectivity index (χ3v) is 3.14. The van der Waals surface area contributed by atoms with Gasteiger partial charge in [-0.25, -0.2) is 9.59 Å². The van der Waals surface area contributed by atoms with Gasteiger partial charge in [0.1, 0.15) is 0 Å². The molecule has 7 nitrogen and oxygen atoms in total. The van der Waals surface area contributed by atoms with Crippen LogP contribution in [-0.2, 0) is 4.79 Å². The summed E-state index contributed by atoms with van der Waals surface area (Å²) in [5.74, 6) is -1.73. The van der Waals surface area contributed by atoms with Gasteiger partial charge in [0.2, 0.25) is 5.91 Å². The van der Waals surface area contributed by atoms with Crippen molar-refractivity contribution >= 4 is 35.2 Å². The number of carboxylic acid groups (broad SMARTS) is 1. The minimum absolute atomic E-state index is 0.0492. The van der Waals surface area contributed by atoms with Crippen LogP contribution in [0.1, 0.15) is 24.2 Å². The van der Waals surface area contributed by atoms with E-state index in [0.717, 1.165) is 0 Å². The normalized spacial score (nSPS) is 10.8. The average molecular weight is 314 g/mol. The molecule has 0 unspecified atom stereocenters. The molecule has 0 bridgehead atoms. The molecule has 3 amide bonds. The van der Waals surface area contributed by atoms with E-state index in [4.69, 9.17) is 22.4 Å². The van der Waals surface area contributed by atoms with Crippen LogP contribution in [0.5, 0.6) is 0 Å². The number of benzene rings is 1. The summed E-state index contributed by atoms with van der Waals surface area (Å²) in [5.41, 5.74) is 4.45. The molecule has 1 aromatic rings. The summed E-state index contributed by atoms with van der Waals surface area (Å²) >= 11 is 5.72. The quantitative estimate of drug-likeness (QED) is 0.660. The smallest absolute Gasteiger partial charge is 0.337 e. The van der Waals surface area contributed by atoms with Crippen LogP contribution in [0.25, 0.3) is 0 Å². The lowest BCUT2D eigenvalue weighted by Gasteiger charge is -2.20. The molecular weight excluding hydrogens is 298 g/mol. The summed E-state index contributed by atoms with van der Waals surface area (Å²) in [6.45, 7) is 3.24. The van der Waals surface area contributed by atoms with Crippen LogP contribution in [0.3, 0.4) is 0 Å². The molecule has 0 radical (unpaired) electrons. The van der Waals surface area contributed by atoms with E-state index < -0.39 is 23.3 Å². The molecular formula is C13H16ClN3O4. The van der Waals surface area contributed by atoms with Crippen LogP contribution in [-0.4, -0.2) is 29.6 Å². The SMILES string of the molecule is CC(C)(CNC(=O)Nc1ccc(Cl)c(C(=O)O)c1)C(N)=O. The number of carbonyl (C=O) groups excluding carboxylic acids is 2. The number of rotatable bonds is 5. The zero-order valence-corrected chi connectivity index (χ0v) is 12.3. The number of primary amides is 1. The number of aromatic carboxylic acids is 1. The highest BCUT2D eigenvalue weighted by atomic mass is 35.5. The molecule has 1 rings (SSSR count). The molecule has 1 aromatic carbocycles. The number of urea groups is 1. The number of nitrogens with one attached hydrogen (secondary N) is 2. The van der Waals surface area contributed by atoms with Gasteiger partial charge in [0.15, 0.2) is 0 Å². The Bertz CT molecular complexity index is 587. The second-order valence-corrected chi connectivity index (χ2v) is 5.46. The lowest BCUT2D eigenvalue weighted by Crippen LogP contribution is -2.43. The Morgan fingerprint density at radius 3 is 2.48 bits per heavy atom. The van der Waals surface area contributed by atoms with Crippen molar-refractivity contribution in [3.8, 4) is 0 Å². The van der Waals surface area contributed by atoms with Gasteiger partial charge in [0.25, 0.3) is 0 Å². The monoisotopic (exact) mass is 313 g/mol. The number of nitrogens with two attached hydrogens (primary N) is 1. The molecule has 0 aromatic heterocycles. The van der Waals surface area contributed by atoms with E-state index in [0.29, 0.717) is 0 Å². The molecule has 8 heteroatoms. The molecule has 0 heterocycles. The van der Waals surface area contributed by atoms with Crippen LogP contribution < -0.4 is 16.4 Å². The number of amides is 3. The molecule has 0 spiro atoms. The Morgan fingerprint density at radius 1 is 1.33 bits per heavy atom. The summed E-state index contributed by atoms with van der Waals surface area (Å²) in [6.07, 6.45) is 0. The topological polar surface area (TPSA) is 122 Å². The van der Waals surface area contributed by atoms with Gasteiger partial charge < -0.3 is 21.5 Å². The summed E-state index contributed by atoms with van der Waals surface area (Å²) in [7, 11) is 0. The van der Waals surface area contributed by atoms with Crippen LogP contribution in [0.2, 0.25) is 5.02 Å². The first kappa shape index (κ1) is 16.8. The van der Waals surface area contributed by atoms with Crippen molar-refractivity contribution < 1.29 is 19.5 Å². The van der Waals surface area contributed by atoms with Crippen molar-refractivity contribution in [2.24, 2.45) is 11.1 Å². The average Bonchev–Trinajstić information content (AvgIpc) is 2.38. The first-order valence-electron chi connectivity index (χ1n) is 6.01. The van der Waals surface area contributed by atoms with Gasteiger partial charge in [-0.1, -0.05) is 11.6 Å². The van der Waals surface area contributed by atoms with E-state index in [9.17, 15) is 14.4 Å². The second-order valence-electron chi connectivity index (χ2n) is 5.06. The Morgan fingerprint density at radius 2 is 1.95 bits per heavy atom. The number of carbonyl (C=O) groups is 3. The minimum atomic E-state index is -1.20. The maximum Gasteiger partial charge on any atom is 0.337 e. The van der Waals surface area contributed by atoms with Crippen LogP contribution >= 0.6 is 11.6 Å². The van der Waals surface area contributed by atoms with Crippen molar-refractivity contribution in [3.63, 3.8) is 0 Å². The summed E-state index contributed by atoms with van der Waals surface area (Å²) < 4.78 is 0. The van der Waals surface area contributed by atoms with E-state index in [1.54, 1.807) is 13.8 Å². The van der Waals surface area contributed by atoms with Crippen molar-refractivity contribution in [1.82, 2.24) is 5.32 Å². The van der Waals surface area contributed by atoms with E-state index in [2.05, 4.69) is 10.6 Å². The van der Waals surface area contributed by atoms with Crippen molar-refractivity contribution in [1.29, 1.82) is 0 Å². The van der Waals surface area contributed by atoms with Gasteiger partial charge >= 0.3 is 12.0 Å². The van der Waals surface area contributed by atoms with Gasteiger partial charge in [0, 0.05) is 12.2 Å². The molecule has 0 atom stereocenters. The number of hydrogen-bond acceptors (Lipinski definition) is 3. The van der Waals surface area contributed by atoms with Crippen LogP contribution in [0, 0.1) is 5.41 Å². The Labute approximate surface area is 126 Å². The lowest BCUT2D eigenvalue weighted by atomic mass is 9.93. The zero-order valence-electron chi connectivity index (χ0n) is 11.6. The van der Waals surface area contributed by atoms with E-state index in [1.807, 2.05) is 0 Å². The zero-order chi connectivity index (χ0) is 16.2. The van der Waals surface area contributed by atoms with Gasteiger partial charge in [-0.05, 0) is 32.0 Å². The fourth-order valence-corrected chi connectivity index (χ4v) is 1.53. The third-order valence-electron chi connectivity index (χ3n) is 2.81. The number of hydrogen-bond donors (Lipinski definition) is 4. The van der Waals surface area contributed by atoms with Crippen LogP contribution in [0.15, 0.2) is 18.2 Å². The molecule has 0 aliphatic rings. The first-order chi connectivity index (χ1) is 9.63. The predicted octanol–water partition coefficient (Wildman–Crippen LogP) is 1.67. The van der Waals surface area contributed by atoms with Crippen molar-refractivity contribution in [2.75, 3.05) is 11.9 Å². The predicted molar refractivity (Wildman–Crippen MR) is 78.4 cm³/mol. The molecule has 0 saturated carbocycles. The van der Waals surface area contributed by atoms with Gasteiger partial charge in [-0.3, -0.25) is 4.79 Å². The molecule has 0 aliphatic carbocycles. The highest BCUT2D eigenvalue weighted by Crippen LogP contribution is 2.20. The Hall–Kier alpha value is -2.28. The molecule has 21 heavy (non-hydrogen) atoms. The maximum absolute atomic E-state index is 11.7. The standard InChI is InChI=1S/C13H16ClN3O4/c1-13(2,11(15)20)6-16-12(21)17-7-3-4-9(14)8(5-7)10(18)19/h3-5H,6H2,1-2H3,(H2,15,20)(H,18,19)(H2,16,17,21). The number of halogens is 1. The summed E-state index contributed by atoms with van der Waals surface area (Å²) in [4.78, 5) is 33.7. The maximum atomic E-state index is 11.7. The van der Waals surface area contributed by atoms with Gasteiger partial charge in [-0.2, -0.15) is 0 Å². The molecule has 0 saturated heterocycles. The fourth-order valence-electron chi connectivity index (χ4n) is 1.33. The summed E-state index contributed by atoms with van der Waals surface area (Å²) in [6, 6.07) is 3.49. The molecule has 0 fully saturated rings. The largest absolute Gasteiger partial charge is 0.478 e. The third kappa shape index (κ3) is 4.64. The van der Waals surface area contributed by atoms with E-state index in [1.165, 1.54) is 18.2 Å². The molecule has 114 valence electrons. The fraction of sp³-hybridized carbons (Fsp3) is 0.308. The Balaban J connectivity index is 2.70. The number of anilines is 1. The first-order valence-corrected chi connectivity index (χ1v) is 6.39. The van der Waals surface area contributed by atoms with Crippen molar-refractivity contribution in [3.05, 3.63) is 28.8 Å². The number of carboxylic acids is 1. The highest BCUT2D eigenvalue weighted by Gasteiger charge is 2.25. The van der Waals surface area contributed by atoms with E-state index >= 15 is 0 Å². The lowest BCUT2D eigenvalue weighted by molar-refractivity contribution is -0.125. The van der Waals surface area contributed by atoms with Crippen molar-refractivity contribution in [2.45, 2.75) is 13.8 Å². The molecule has 0 aliphatic heterocycles. The van der Waals surface area contributed by atoms with Crippen LogP contribution in [0.4, 0.5) is 10.5 Å². The minimum Gasteiger partial charge on any atom is -0.478 e. The van der Waals surface area contributed by atoms with E-state index in [-0.39, 0.29) is 22.8 Å². The molecule has 5 N–H and O–H groups in total.